The zero-order chi connectivity index (χ0) is 14.9. The molecule has 0 aliphatic heterocycles. The van der Waals surface area contributed by atoms with Crippen molar-refractivity contribution in [1.82, 2.24) is 0 Å². The van der Waals surface area contributed by atoms with Gasteiger partial charge in [0.2, 0.25) is 0 Å². The van der Waals surface area contributed by atoms with Crippen LogP contribution in [0.25, 0.3) is 0 Å². The number of carbonyl (C=O) groups is 1. The molecule has 0 spiro atoms. The predicted octanol–water partition coefficient (Wildman–Crippen LogP) is 3.66. The molecule has 4 heteroatoms. The van der Waals surface area contributed by atoms with Crippen molar-refractivity contribution in [1.29, 1.82) is 0 Å². The number of aryl methyl sites for hydroxylation is 2. The van der Waals surface area contributed by atoms with E-state index in [2.05, 4.69) is 0 Å². The lowest BCUT2D eigenvalue weighted by molar-refractivity contribution is -0.145. The third-order valence-corrected chi connectivity index (χ3v) is 4.46. The monoisotopic (exact) mass is 294 g/mol. The minimum atomic E-state index is -0.863. The van der Waals surface area contributed by atoms with Crippen molar-refractivity contribution >= 4 is 17.6 Å². The number of aliphatic hydroxyl groups excluding tert-OH is 1. The van der Waals surface area contributed by atoms with Crippen LogP contribution in [0.1, 0.15) is 35.6 Å². The van der Waals surface area contributed by atoms with Crippen molar-refractivity contribution in [2.24, 2.45) is 11.8 Å². The largest absolute Gasteiger partial charge is 0.481 e. The predicted molar refractivity (Wildman–Crippen MR) is 78.9 cm³/mol. The number of aliphatic hydroxyl groups is 1. The number of carboxylic acids is 1. The lowest BCUT2D eigenvalue weighted by atomic mass is 9.77. The highest BCUT2D eigenvalue weighted by Gasteiger charge is 2.35. The Balaban J connectivity index is 2.35. The van der Waals surface area contributed by atoms with E-state index >= 15 is 0 Å². The molecule has 1 aliphatic rings. The minimum Gasteiger partial charge on any atom is -0.481 e. The van der Waals surface area contributed by atoms with Crippen LogP contribution in [0.5, 0.6) is 0 Å². The Morgan fingerprint density at radius 1 is 1.25 bits per heavy atom. The maximum Gasteiger partial charge on any atom is 0.307 e. The molecule has 1 aromatic carbocycles. The van der Waals surface area contributed by atoms with Crippen LogP contribution in [0.4, 0.5) is 0 Å². The molecule has 0 fully saturated rings. The summed E-state index contributed by atoms with van der Waals surface area (Å²) in [6.45, 7) is 3.91. The molecule has 20 heavy (non-hydrogen) atoms. The maximum atomic E-state index is 11.3. The second-order valence-corrected chi connectivity index (χ2v) is 5.86. The van der Waals surface area contributed by atoms with Crippen LogP contribution in [0, 0.1) is 25.7 Å². The summed E-state index contributed by atoms with van der Waals surface area (Å²) in [6.07, 6.45) is 3.96. The van der Waals surface area contributed by atoms with E-state index in [9.17, 15) is 15.0 Å². The van der Waals surface area contributed by atoms with Crippen LogP contribution >= 0.6 is 11.6 Å². The van der Waals surface area contributed by atoms with E-state index in [1.807, 2.05) is 38.1 Å². The molecule has 1 aromatic rings. The molecule has 0 amide bonds. The number of benzene rings is 1. The number of halogens is 1. The van der Waals surface area contributed by atoms with Gasteiger partial charge in [-0.2, -0.15) is 0 Å². The van der Waals surface area contributed by atoms with E-state index in [-0.39, 0.29) is 5.92 Å². The van der Waals surface area contributed by atoms with E-state index in [1.54, 1.807) is 0 Å². The van der Waals surface area contributed by atoms with Gasteiger partial charge >= 0.3 is 5.97 Å². The molecule has 0 heterocycles. The van der Waals surface area contributed by atoms with Gasteiger partial charge in [-0.1, -0.05) is 29.8 Å². The normalized spacial score (nSPS) is 23.6. The minimum absolute atomic E-state index is 0.336. The SMILES string of the molecule is Cc1cc(Cl)c(C(O)C2CC=CCC2C(=O)O)cc1C. The molecule has 3 unspecified atom stereocenters. The summed E-state index contributed by atoms with van der Waals surface area (Å²) < 4.78 is 0. The Morgan fingerprint density at radius 3 is 2.50 bits per heavy atom. The van der Waals surface area contributed by atoms with Gasteiger partial charge in [0.25, 0.3) is 0 Å². The van der Waals surface area contributed by atoms with Gasteiger partial charge in [0, 0.05) is 10.9 Å². The fourth-order valence-corrected chi connectivity index (χ4v) is 3.06. The van der Waals surface area contributed by atoms with Gasteiger partial charge in [0.05, 0.1) is 12.0 Å². The first-order valence-electron chi connectivity index (χ1n) is 6.74. The van der Waals surface area contributed by atoms with Crippen molar-refractivity contribution in [2.75, 3.05) is 0 Å². The molecule has 0 bridgehead atoms. The molecule has 0 saturated heterocycles. The quantitative estimate of drug-likeness (QED) is 0.837. The van der Waals surface area contributed by atoms with Crippen LogP contribution in [0.3, 0.4) is 0 Å². The van der Waals surface area contributed by atoms with Crippen LogP contribution in [-0.4, -0.2) is 16.2 Å². The highest BCUT2D eigenvalue weighted by molar-refractivity contribution is 6.31. The summed E-state index contributed by atoms with van der Waals surface area (Å²) in [4.78, 5) is 11.3. The summed E-state index contributed by atoms with van der Waals surface area (Å²) in [6, 6.07) is 3.68. The van der Waals surface area contributed by atoms with Gasteiger partial charge in [-0.15, -0.1) is 0 Å². The second kappa shape index (κ2) is 5.98. The first kappa shape index (κ1) is 15.1. The third-order valence-electron chi connectivity index (χ3n) is 4.14. The lowest BCUT2D eigenvalue weighted by Crippen LogP contribution is -2.30. The highest BCUT2D eigenvalue weighted by Crippen LogP contribution is 2.39. The van der Waals surface area contributed by atoms with Crippen molar-refractivity contribution in [3.05, 3.63) is 46.0 Å². The Morgan fingerprint density at radius 2 is 1.85 bits per heavy atom. The van der Waals surface area contributed by atoms with Crippen molar-refractivity contribution in [3.8, 4) is 0 Å². The molecule has 2 rings (SSSR count). The fourth-order valence-electron chi connectivity index (χ4n) is 2.73. The summed E-state index contributed by atoms with van der Waals surface area (Å²) in [5.41, 5.74) is 2.73. The van der Waals surface area contributed by atoms with Gasteiger partial charge in [-0.25, -0.2) is 0 Å². The zero-order valence-corrected chi connectivity index (χ0v) is 12.4. The first-order chi connectivity index (χ1) is 9.41. The molecule has 0 saturated carbocycles. The molecule has 3 atom stereocenters. The van der Waals surface area contributed by atoms with Crippen molar-refractivity contribution < 1.29 is 15.0 Å². The van der Waals surface area contributed by atoms with Crippen LogP contribution in [-0.2, 0) is 4.79 Å². The summed E-state index contributed by atoms with van der Waals surface area (Å²) in [7, 11) is 0. The second-order valence-electron chi connectivity index (χ2n) is 5.45. The van der Waals surface area contributed by atoms with Gasteiger partial charge < -0.3 is 10.2 Å². The van der Waals surface area contributed by atoms with E-state index in [0.29, 0.717) is 23.4 Å². The molecule has 3 nitrogen and oxygen atoms in total. The number of carboxylic acid groups (broad SMARTS) is 1. The van der Waals surface area contributed by atoms with E-state index < -0.39 is 18.0 Å². The molecule has 0 aromatic heterocycles. The molecule has 2 N–H and O–H groups in total. The molecule has 0 radical (unpaired) electrons. The van der Waals surface area contributed by atoms with Crippen LogP contribution < -0.4 is 0 Å². The summed E-state index contributed by atoms with van der Waals surface area (Å²) >= 11 is 6.22. The Kier molecular flexibility index (Phi) is 4.51. The standard InChI is InChI=1S/C16H19ClO3/c1-9-7-13(14(17)8-10(9)2)15(18)11-5-3-4-6-12(11)16(19)20/h3-4,7-8,11-12,15,18H,5-6H2,1-2H3,(H,19,20). The highest BCUT2D eigenvalue weighted by atomic mass is 35.5. The summed E-state index contributed by atoms with van der Waals surface area (Å²) in [5, 5.41) is 20.4. The van der Waals surface area contributed by atoms with Crippen LogP contribution in [0.15, 0.2) is 24.3 Å². The smallest absolute Gasteiger partial charge is 0.307 e. The molecule has 1 aliphatic carbocycles. The first-order valence-corrected chi connectivity index (χ1v) is 7.12. The zero-order valence-electron chi connectivity index (χ0n) is 11.6. The number of hydrogen-bond donors (Lipinski definition) is 2. The Hall–Kier alpha value is -1.32. The van der Waals surface area contributed by atoms with E-state index in [1.165, 1.54) is 0 Å². The molecular weight excluding hydrogens is 276 g/mol. The number of aliphatic carboxylic acids is 1. The number of allylic oxidation sites excluding steroid dienone is 2. The Bertz CT molecular complexity index is 551. The van der Waals surface area contributed by atoms with Gasteiger partial charge in [0.15, 0.2) is 0 Å². The average Bonchev–Trinajstić information content (AvgIpc) is 2.42. The third kappa shape index (κ3) is 2.89. The average molecular weight is 295 g/mol. The Labute approximate surface area is 123 Å². The maximum absolute atomic E-state index is 11.3. The van der Waals surface area contributed by atoms with E-state index in [0.717, 1.165) is 11.1 Å². The van der Waals surface area contributed by atoms with Gasteiger partial charge in [-0.3, -0.25) is 4.79 Å². The number of rotatable bonds is 3. The molecule has 108 valence electrons. The molecular formula is C16H19ClO3. The van der Waals surface area contributed by atoms with Crippen LogP contribution in [0.2, 0.25) is 5.02 Å². The van der Waals surface area contributed by atoms with Gasteiger partial charge in [-0.05, 0) is 49.4 Å². The topological polar surface area (TPSA) is 57.5 Å². The summed E-state index contributed by atoms with van der Waals surface area (Å²) in [5.74, 6) is -1.76. The van der Waals surface area contributed by atoms with Gasteiger partial charge in [0.1, 0.15) is 0 Å². The van der Waals surface area contributed by atoms with Crippen molar-refractivity contribution in [2.45, 2.75) is 32.8 Å². The number of hydrogen-bond acceptors (Lipinski definition) is 2. The lowest BCUT2D eigenvalue weighted by Gasteiger charge is -2.30. The van der Waals surface area contributed by atoms with E-state index in [4.69, 9.17) is 11.6 Å². The van der Waals surface area contributed by atoms with Crippen molar-refractivity contribution in [3.63, 3.8) is 0 Å². The fraction of sp³-hybridized carbons (Fsp3) is 0.438.